The molecule has 1 unspecified atom stereocenters. The number of rotatable bonds is 1. The zero-order chi connectivity index (χ0) is 5.15. The van der Waals surface area contributed by atoms with E-state index in [2.05, 4.69) is 20.0 Å². The van der Waals surface area contributed by atoms with Crippen molar-refractivity contribution in [3.8, 4) is 0 Å². The van der Waals surface area contributed by atoms with Gasteiger partial charge in [-0.25, -0.2) is 0 Å². The van der Waals surface area contributed by atoms with Gasteiger partial charge >= 0.3 is 0 Å². The summed E-state index contributed by atoms with van der Waals surface area (Å²) >= 11 is 0. The van der Waals surface area contributed by atoms with Crippen LogP contribution in [0.15, 0.2) is 0 Å². The second-order valence-electron chi connectivity index (χ2n) is 2.10. The van der Waals surface area contributed by atoms with Gasteiger partial charge in [-0.1, -0.05) is 27.4 Å². The van der Waals surface area contributed by atoms with E-state index in [0.29, 0.717) is 5.67 Å². The van der Waals surface area contributed by atoms with Crippen LogP contribution in [-0.2, 0) is 0 Å². The van der Waals surface area contributed by atoms with Crippen LogP contribution in [0.1, 0.15) is 14.4 Å². The van der Waals surface area contributed by atoms with E-state index in [9.17, 15) is 0 Å². The molecule has 0 aromatic carbocycles. The number of hydrogen-bond donors (Lipinski definition) is 1. The molecule has 0 radical (unpaired) electrons. The summed E-state index contributed by atoms with van der Waals surface area (Å²) in [5.74, 6) is 0. The van der Waals surface area contributed by atoms with Gasteiger partial charge in [0, 0.05) is 8.80 Å². The van der Waals surface area contributed by atoms with E-state index in [1.165, 1.54) is 0 Å². The molecule has 7 heavy (non-hydrogen) atoms. The van der Waals surface area contributed by atoms with E-state index in [1.54, 1.807) is 0 Å². The highest BCUT2D eigenvalue weighted by Crippen LogP contribution is 1.81. The Morgan fingerprint density at radius 2 is 1.57 bits per heavy atom. The maximum atomic E-state index is 5.50. The molecule has 0 saturated heterocycles. The van der Waals surface area contributed by atoms with Gasteiger partial charge in [-0.2, -0.15) is 0 Å². The average molecular weight is 119 g/mol. The van der Waals surface area contributed by atoms with Crippen molar-refractivity contribution in [2.45, 2.75) is 33.1 Å². The third-order valence-electron chi connectivity index (χ3n) is 1.05. The SMILES string of the molecule is C.CC(N)[SiH](C)C. The molecule has 0 rings (SSSR count). The molecule has 0 bridgehead atoms. The molecule has 2 N–H and O–H groups in total. The van der Waals surface area contributed by atoms with E-state index < -0.39 is 8.80 Å². The normalized spacial score (nSPS) is 13.3. The maximum Gasteiger partial charge on any atom is 0.0498 e. The average Bonchev–Trinajstić information content (AvgIpc) is 1.36. The second kappa shape index (κ2) is 4.34. The maximum absolute atomic E-state index is 5.50. The van der Waals surface area contributed by atoms with Crippen molar-refractivity contribution < 1.29 is 0 Å². The predicted molar refractivity (Wildman–Crippen MR) is 39.3 cm³/mol. The van der Waals surface area contributed by atoms with Crippen LogP contribution < -0.4 is 5.73 Å². The van der Waals surface area contributed by atoms with Crippen molar-refractivity contribution in [3.05, 3.63) is 0 Å². The largest absolute Gasteiger partial charge is 0.331 e. The van der Waals surface area contributed by atoms with Crippen LogP contribution in [-0.4, -0.2) is 14.5 Å². The van der Waals surface area contributed by atoms with Gasteiger partial charge in [-0.05, 0) is 5.67 Å². The zero-order valence-corrected chi connectivity index (χ0v) is 5.89. The first kappa shape index (κ1) is 10.2. The molecule has 1 nitrogen and oxygen atoms in total. The minimum atomic E-state index is -0.466. The summed E-state index contributed by atoms with van der Waals surface area (Å²) in [6, 6.07) is 0. The van der Waals surface area contributed by atoms with Gasteiger partial charge in [0.25, 0.3) is 0 Å². The van der Waals surface area contributed by atoms with Crippen LogP contribution in [0.4, 0.5) is 0 Å². The summed E-state index contributed by atoms with van der Waals surface area (Å²) in [4.78, 5) is 0. The third kappa shape index (κ3) is 6.18. The van der Waals surface area contributed by atoms with E-state index in [1.807, 2.05) is 0 Å². The van der Waals surface area contributed by atoms with Crippen molar-refractivity contribution in [3.63, 3.8) is 0 Å². The van der Waals surface area contributed by atoms with E-state index in [-0.39, 0.29) is 7.43 Å². The molecule has 46 valence electrons. The molecular weight excluding hydrogens is 102 g/mol. The number of hydrogen-bond acceptors (Lipinski definition) is 1. The molecule has 0 amide bonds. The van der Waals surface area contributed by atoms with E-state index >= 15 is 0 Å². The Hall–Kier alpha value is 0.177. The van der Waals surface area contributed by atoms with Crippen molar-refractivity contribution in [1.29, 1.82) is 0 Å². The van der Waals surface area contributed by atoms with Crippen molar-refractivity contribution >= 4 is 8.80 Å². The summed E-state index contributed by atoms with van der Waals surface area (Å²) in [7, 11) is -0.466. The van der Waals surface area contributed by atoms with Gasteiger partial charge < -0.3 is 5.73 Å². The van der Waals surface area contributed by atoms with Crippen molar-refractivity contribution in [1.82, 2.24) is 0 Å². The molecule has 0 aromatic rings. The summed E-state index contributed by atoms with van der Waals surface area (Å²) < 4.78 is 0. The van der Waals surface area contributed by atoms with Gasteiger partial charge in [0.15, 0.2) is 0 Å². The summed E-state index contributed by atoms with van der Waals surface area (Å²) in [5, 5.41) is 0. The molecule has 0 spiro atoms. The van der Waals surface area contributed by atoms with Crippen LogP contribution in [0, 0.1) is 0 Å². The Bertz CT molecular complexity index is 29.1. The lowest BCUT2D eigenvalue weighted by Gasteiger charge is -2.03. The van der Waals surface area contributed by atoms with Gasteiger partial charge in [0.2, 0.25) is 0 Å². The lowest BCUT2D eigenvalue weighted by molar-refractivity contribution is 0.998. The molecular formula is C5H17NSi. The molecule has 1 atom stereocenters. The van der Waals surface area contributed by atoms with Crippen LogP contribution in [0.2, 0.25) is 13.1 Å². The first-order valence-electron chi connectivity index (χ1n) is 2.40. The van der Waals surface area contributed by atoms with E-state index in [4.69, 9.17) is 5.73 Å². The predicted octanol–water partition coefficient (Wildman–Crippen LogP) is 0.996. The fourth-order valence-electron chi connectivity index (χ4n) is 0. The molecule has 0 aliphatic rings. The Balaban J connectivity index is 0. The lowest BCUT2D eigenvalue weighted by Crippen LogP contribution is -2.29. The standard InChI is InChI=1S/C4H13NSi.CH4/c1-4(5)6(2)3;/h4,6H,5H2,1-3H3;1H4. The quantitative estimate of drug-likeness (QED) is 0.512. The Morgan fingerprint density at radius 3 is 1.57 bits per heavy atom. The summed E-state index contributed by atoms with van der Waals surface area (Å²) in [5.41, 5.74) is 5.99. The first-order chi connectivity index (χ1) is 2.64. The van der Waals surface area contributed by atoms with Crippen LogP contribution in [0.3, 0.4) is 0 Å². The summed E-state index contributed by atoms with van der Waals surface area (Å²) in [6.45, 7) is 6.59. The number of nitrogens with two attached hydrogens (primary N) is 1. The monoisotopic (exact) mass is 119 g/mol. The van der Waals surface area contributed by atoms with Crippen molar-refractivity contribution in [2.24, 2.45) is 5.73 Å². The van der Waals surface area contributed by atoms with Crippen LogP contribution in [0.5, 0.6) is 0 Å². The van der Waals surface area contributed by atoms with Gasteiger partial charge in [-0.3, -0.25) is 0 Å². The molecule has 0 aromatic heterocycles. The minimum absolute atomic E-state index is 0. The molecule has 0 heterocycles. The molecule has 0 aliphatic heterocycles. The Labute approximate surface area is 48.5 Å². The lowest BCUT2D eigenvalue weighted by atomic mass is 10.8. The smallest absolute Gasteiger partial charge is 0.0498 e. The second-order valence-corrected chi connectivity index (χ2v) is 5.64. The topological polar surface area (TPSA) is 26.0 Å². The fraction of sp³-hybridized carbons (Fsp3) is 1.00. The summed E-state index contributed by atoms with van der Waals surface area (Å²) in [6.07, 6.45) is 0. The Kier molecular flexibility index (Phi) is 6.33. The molecule has 2 heteroatoms. The highest BCUT2D eigenvalue weighted by Gasteiger charge is 1.98. The third-order valence-corrected chi connectivity index (χ3v) is 3.15. The zero-order valence-electron chi connectivity index (χ0n) is 4.73. The van der Waals surface area contributed by atoms with Gasteiger partial charge in [-0.15, -0.1) is 0 Å². The van der Waals surface area contributed by atoms with Gasteiger partial charge in [0.05, 0.1) is 0 Å². The molecule has 0 saturated carbocycles. The highest BCUT2D eigenvalue weighted by atomic mass is 28.3. The highest BCUT2D eigenvalue weighted by molar-refractivity contribution is 6.57. The van der Waals surface area contributed by atoms with E-state index in [0.717, 1.165) is 0 Å². The van der Waals surface area contributed by atoms with Crippen molar-refractivity contribution in [2.75, 3.05) is 0 Å². The van der Waals surface area contributed by atoms with Gasteiger partial charge in [0.1, 0.15) is 0 Å². The minimum Gasteiger partial charge on any atom is -0.331 e. The fourth-order valence-corrected chi connectivity index (χ4v) is 0. The molecule has 0 fully saturated rings. The van der Waals surface area contributed by atoms with Crippen LogP contribution in [0.25, 0.3) is 0 Å². The van der Waals surface area contributed by atoms with Crippen LogP contribution >= 0.6 is 0 Å². The Morgan fingerprint density at radius 1 is 1.43 bits per heavy atom. The first-order valence-corrected chi connectivity index (χ1v) is 5.37. The molecule has 0 aliphatic carbocycles.